The van der Waals surface area contributed by atoms with E-state index in [1.54, 1.807) is 18.2 Å². The molecule has 4 nitrogen and oxygen atoms in total. The molecule has 106 valence electrons. The van der Waals surface area contributed by atoms with Crippen molar-refractivity contribution in [2.45, 2.75) is 26.2 Å². The summed E-state index contributed by atoms with van der Waals surface area (Å²) in [6, 6.07) is 5.21. The molecule has 0 radical (unpaired) electrons. The lowest BCUT2D eigenvalue weighted by atomic mass is 10.1. The second kappa shape index (κ2) is 6.29. The monoisotopic (exact) mass is 311 g/mol. The van der Waals surface area contributed by atoms with E-state index in [1.165, 1.54) is 0 Å². The SMILES string of the molecule is CCCc1c(N)nc(Cc2ccc(Cl)cc2Cl)[nH]c1=O. The summed E-state index contributed by atoms with van der Waals surface area (Å²) < 4.78 is 0. The Kier molecular flexibility index (Phi) is 4.68. The highest BCUT2D eigenvalue weighted by Gasteiger charge is 2.10. The van der Waals surface area contributed by atoms with E-state index in [0.29, 0.717) is 34.3 Å². The maximum Gasteiger partial charge on any atom is 0.256 e. The lowest BCUT2D eigenvalue weighted by Crippen LogP contribution is -2.20. The average Bonchev–Trinajstić information content (AvgIpc) is 2.37. The summed E-state index contributed by atoms with van der Waals surface area (Å²) in [6.07, 6.45) is 1.87. The lowest BCUT2D eigenvalue weighted by Gasteiger charge is -2.07. The molecule has 0 saturated heterocycles. The standard InChI is InChI=1S/C14H15Cl2N3O/c1-2-3-10-13(17)18-12(19-14(10)20)6-8-4-5-9(15)7-11(8)16/h4-5,7H,2-3,6H2,1H3,(H3,17,18,19,20). The highest BCUT2D eigenvalue weighted by molar-refractivity contribution is 6.35. The van der Waals surface area contributed by atoms with Crippen LogP contribution in [0.25, 0.3) is 0 Å². The van der Waals surface area contributed by atoms with E-state index < -0.39 is 0 Å². The van der Waals surface area contributed by atoms with Crippen LogP contribution in [0.15, 0.2) is 23.0 Å². The number of rotatable bonds is 4. The van der Waals surface area contributed by atoms with Gasteiger partial charge in [-0.1, -0.05) is 42.6 Å². The number of aromatic amines is 1. The van der Waals surface area contributed by atoms with Crippen molar-refractivity contribution in [3.05, 3.63) is 55.5 Å². The average molecular weight is 312 g/mol. The summed E-state index contributed by atoms with van der Waals surface area (Å²) >= 11 is 12.0. The van der Waals surface area contributed by atoms with Crippen LogP contribution < -0.4 is 11.3 Å². The Hall–Kier alpha value is -1.52. The molecular formula is C14H15Cl2N3O. The Labute approximate surface area is 126 Å². The van der Waals surface area contributed by atoms with Crippen LogP contribution >= 0.6 is 23.2 Å². The number of H-pyrrole nitrogens is 1. The fraction of sp³-hybridized carbons (Fsp3) is 0.286. The highest BCUT2D eigenvalue weighted by Crippen LogP contribution is 2.22. The first-order chi connectivity index (χ1) is 9.51. The molecule has 0 aliphatic carbocycles. The second-order valence-electron chi connectivity index (χ2n) is 4.54. The maximum atomic E-state index is 12.0. The first-order valence-corrected chi connectivity index (χ1v) is 7.08. The van der Waals surface area contributed by atoms with E-state index in [9.17, 15) is 4.79 Å². The summed E-state index contributed by atoms with van der Waals surface area (Å²) in [7, 11) is 0. The van der Waals surface area contributed by atoms with E-state index in [0.717, 1.165) is 12.0 Å². The highest BCUT2D eigenvalue weighted by atomic mass is 35.5. The molecule has 2 aromatic rings. The summed E-state index contributed by atoms with van der Waals surface area (Å²) in [5.74, 6) is 0.785. The Morgan fingerprint density at radius 2 is 2.10 bits per heavy atom. The molecule has 1 aromatic carbocycles. The van der Waals surface area contributed by atoms with Gasteiger partial charge >= 0.3 is 0 Å². The van der Waals surface area contributed by atoms with Crippen molar-refractivity contribution in [2.75, 3.05) is 5.73 Å². The minimum Gasteiger partial charge on any atom is -0.383 e. The molecule has 0 fully saturated rings. The van der Waals surface area contributed by atoms with Gasteiger partial charge in [-0.2, -0.15) is 0 Å². The van der Waals surface area contributed by atoms with Crippen molar-refractivity contribution < 1.29 is 0 Å². The molecule has 1 heterocycles. The van der Waals surface area contributed by atoms with Crippen LogP contribution in [0.5, 0.6) is 0 Å². The van der Waals surface area contributed by atoms with E-state index in [-0.39, 0.29) is 11.4 Å². The zero-order valence-corrected chi connectivity index (χ0v) is 12.6. The smallest absolute Gasteiger partial charge is 0.256 e. The van der Waals surface area contributed by atoms with Crippen LogP contribution in [0.4, 0.5) is 5.82 Å². The van der Waals surface area contributed by atoms with Gasteiger partial charge in [-0.25, -0.2) is 4.98 Å². The van der Waals surface area contributed by atoms with Gasteiger partial charge in [0.05, 0.1) is 5.56 Å². The Morgan fingerprint density at radius 1 is 1.35 bits per heavy atom. The number of nitrogens with one attached hydrogen (secondary N) is 1. The summed E-state index contributed by atoms with van der Waals surface area (Å²) in [5, 5.41) is 1.11. The third kappa shape index (κ3) is 3.32. The van der Waals surface area contributed by atoms with Gasteiger partial charge in [-0.15, -0.1) is 0 Å². The number of hydrogen-bond donors (Lipinski definition) is 2. The first kappa shape index (κ1) is 14.9. The topological polar surface area (TPSA) is 71.8 Å². The van der Waals surface area contributed by atoms with Crippen molar-refractivity contribution in [3.63, 3.8) is 0 Å². The van der Waals surface area contributed by atoms with Gasteiger partial charge in [-0.05, 0) is 24.1 Å². The second-order valence-corrected chi connectivity index (χ2v) is 5.38. The summed E-state index contributed by atoms with van der Waals surface area (Å²) in [4.78, 5) is 18.9. The van der Waals surface area contributed by atoms with Gasteiger partial charge < -0.3 is 10.7 Å². The van der Waals surface area contributed by atoms with Crippen LogP contribution in [0.1, 0.15) is 30.3 Å². The largest absolute Gasteiger partial charge is 0.383 e. The molecule has 0 atom stereocenters. The zero-order valence-electron chi connectivity index (χ0n) is 11.0. The van der Waals surface area contributed by atoms with Crippen molar-refractivity contribution >= 4 is 29.0 Å². The van der Waals surface area contributed by atoms with Crippen LogP contribution in [-0.2, 0) is 12.8 Å². The quantitative estimate of drug-likeness (QED) is 0.910. The predicted molar refractivity (Wildman–Crippen MR) is 82.5 cm³/mol. The van der Waals surface area contributed by atoms with Gasteiger partial charge in [0, 0.05) is 16.5 Å². The molecule has 0 unspecified atom stereocenters. The van der Waals surface area contributed by atoms with Gasteiger partial charge in [-0.3, -0.25) is 4.79 Å². The number of nitrogen functional groups attached to an aromatic ring is 1. The third-order valence-electron chi connectivity index (χ3n) is 2.97. The molecule has 0 spiro atoms. The van der Waals surface area contributed by atoms with Gasteiger partial charge in [0.2, 0.25) is 0 Å². The molecule has 0 saturated carbocycles. The molecule has 20 heavy (non-hydrogen) atoms. The fourth-order valence-electron chi connectivity index (χ4n) is 1.98. The Balaban J connectivity index is 2.33. The lowest BCUT2D eigenvalue weighted by molar-refractivity contribution is 0.862. The Bertz CT molecular complexity index is 683. The molecule has 0 amide bonds. The molecule has 0 bridgehead atoms. The number of nitrogens with zero attached hydrogens (tertiary/aromatic N) is 1. The fourth-order valence-corrected chi connectivity index (χ4v) is 2.46. The minimum atomic E-state index is -0.181. The molecule has 6 heteroatoms. The van der Waals surface area contributed by atoms with Crippen molar-refractivity contribution in [1.82, 2.24) is 9.97 Å². The predicted octanol–water partition coefficient (Wildman–Crippen LogP) is 3.20. The van der Waals surface area contributed by atoms with Gasteiger partial charge in [0.15, 0.2) is 0 Å². The van der Waals surface area contributed by atoms with Gasteiger partial charge in [0.25, 0.3) is 5.56 Å². The number of nitrogens with two attached hydrogens (primary N) is 1. The number of benzene rings is 1. The molecule has 3 N–H and O–H groups in total. The minimum absolute atomic E-state index is 0.181. The number of anilines is 1. The van der Waals surface area contributed by atoms with Crippen LogP contribution in [0.2, 0.25) is 10.0 Å². The van der Waals surface area contributed by atoms with Crippen molar-refractivity contribution in [2.24, 2.45) is 0 Å². The van der Waals surface area contributed by atoms with Gasteiger partial charge in [0.1, 0.15) is 11.6 Å². The van der Waals surface area contributed by atoms with E-state index in [4.69, 9.17) is 28.9 Å². The Morgan fingerprint density at radius 3 is 2.70 bits per heavy atom. The van der Waals surface area contributed by atoms with E-state index in [1.807, 2.05) is 6.92 Å². The molecule has 1 aromatic heterocycles. The summed E-state index contributed by atoms with van der Waals surface area (Å²) in [6.45, 7) is 1.99. The molecule has 0 aliphatic heterocycles. The van der Waals surface area contributed by atoms with Crippen molar-refractivity contribution in [1.29, 1.82) is 0 Å². The number of halogens is 2. The zero-order chi connectivity index (χ0) is 14.7. The number of hydrogen-bond acceptors (Lipinski definition) is 3. The molecule has 2 rings (SSSR count). The summed E-state index contributed by atoms with van der Waals surface area (Å²) in [5.41, 5.74) is 7.03. The van der Waals surface area contributed by atoms with Crippen molar-refractivity contribution in [3.8, 4) is 0 Å². The number of aromatic nitrogens is 2. The van der Waals surface area contributed by atoms with Crippen LogP contribution in [0.3, 0.4) is 0 Å². The van der Waals surface area contributed by atoms with Crippen LogP contribution in [0, 0.1) is 0 Å². The molecular weight excluding hydrogens is 297 g/mol. The normalized spacial score (nSPS) is 10.8. The maximum absolute atomic E-state index is 12.0. The first-order valence-electron chi connectivity index (χ1n) is 6.32. The van der Waals surface area contributed by atoms with E-state index in [2.05, 4.69) is 9.97 Å². The molecule has 0 aliphatic rings. The van der Waals surface area contributed by atoms with Crippen LogP contribution in [-0.4, -0.2) is 9.97 Å². The van der Waals surface area contributed by atoms with E-state index >= 15 is 0 Å². The third-order valence-corrected chi connectivity index (χ3v) is 3.56.